The molecule has 2 atom stereocenters. The van der Waals surface area contributed by atoms with Gasteiger partial charge in [-0.3, -0.25) is 4.79 Å². The molecule has 3 nitrogen and oxygen atoms in total. The van der Waals surface area contributed by atoms with Crippen LogP contribution in [0.4, 0.5) is 0 Å². The molecule has 2 fully saturated rings. The van der Waals surface area contributed by atoms with E-state index in [9.17, 15) is 4.79 Å². The molecule has 0 radical (unpaired) electrons. The molecule has 1 aliphatic heterocycles. The zero-order chi connectivity index (χ0) is 13.8. The largest absolute Gasteiger partial charge is 0.356 e. The summed E-state index contributed by atoms with van der Waals surface area (Å²) >= 11 is 0. The van der Waals surface area contributed by atoms with Gasteiger partial charge in [-0.25, -0.2) is 0 Å². The Labute approximate surface area is 121 Å². The molecule has 2 N–H and O–H groups in total. The Bertz CT molecular complexity index is 442. The van der Waals surface area contributed by atoms with Gasteiger partial charge in [0.1, 0.15) is 0 Å². The number of hydrogen-bond donors (Lipinski definition) is 2. The van der Waals surface area contributed by atoms with Crippen LogP contribution < -0.4 is 10.6 Å². The maximum atomic E-state index is 11.5. The summed E-state index contributed by atoms with van der Waals surface area (Å²) < 4.78 is 0. The molecule has 2 unspecified atom stereocenters. The third kappa shape index (κ3) is 3.40. The van der Waals surface area contributed by atoms with E-state index in [0.717, 1.165) is 18.9 Å². The van der Waals surface area contributed by atoms with Crippen LogP contribution in [0, 0.1) is 5.92 Å². The van der Waals surface area contributed by atoms with Gasteiger partial charge in [-0.1, -0.05) is 49.6 Å². The lowest BCUT2D eigenvalue weighted by Gasteiger charge is -2.34. The monoisotopic (exact) mass is 272 g/mol. The second-order valence-corrected chi connectivity index (χ2v) is 6.20. The van der Waals surface area contributed by atoms with Crippen LogP contribution in [-0.4, -0.2) is 18.5 Å². The Morgan fingerprint density at radius 1 is 1.20 bits per heavy atom. The molecule has 1 saturated heterocycles. The third-order valence-corrected chi connectivity index (χ3v) is 4.68. The minimum Gasteiger partial charge on any atom is -0.356 e. The van der Waals surface area contributed by atoms with Crippen molar-refractivity contribution in [2.75, 3.05) is 6.54 Å². The molecule has 2 aliphatic rings. The van der Waals surface area contributed by atoms with Crippen molar-refractivity contribution < 1.29 is 4.79 Å². The number of carbonyl (C=O) groups excluding carboxylic acids is 1. The van der Waals surface area contributed by atoms with Gasteiger partial charge in [0.25, 0.3) is 0 Å². The summed E-state index contributed by atoms with van der Waals surface area (Å²) in [4.78, 5) is 11.5. The molecular weight excluding hydrogens is 248 g/mol. The van der Waals surface area contributed by atoms with E-state index in [1.165, 1.54) is 31.2 Å². The Morgan fingerprint density at radius 3 is 2.65 bits per heavy atom. The Hall–Kier alpha value is -1.35. The first kappa shape index (κ1) is 13.6. The van der Waals surface area contributed by atoms with Crippen LogP contribution in [0.3, 0.4) is 0 Å². The Balaban J connectivity index is 1.66. The summed E-state index contributed by atoms with van der Waals surface area (Å²) in [6.07, 6.45) is 7.00. The first-order valence-corrected chi connectivity index (χ1v) is 7.89. The second kappa shape index (κ2) is 6.40. The lowest BCUT2D eigenvalue weighted by molar-refractivity contribution is -0.122. The van der Waals surface area contributed by atoms with Crippen molar-refractivity contribution in [2.45, 2.75) is 50.6 Å². The van der Waals surface area contributed by atoms with Crippen LogP contribution in [0.2, 0.25) is 0 Å². The standard InChI is InChI=1S/C17H24N2O/c20-17-12-15(9-10-18-17)19-16(11-13-5-4-6-13)14-7-2-1-3-8-14/h1-3,7-8,13,15-16,19H,4-6,9-12H2,(H,18,20). The molecule has 20 heavy (non-hydrogen) atoms. The van der Waals surface area contributed by atoms with Crippen molar-refractivity contribution in [3.63, 3.8) is 0 Å². The fourth-order valence-corrected chi connectivity index (χ4v) is 3.26. The van der Waals surface area contributed by atoms with Crippen LogP contribution in [0.25, 0.3) is 0 Å². The number of piperidine rings is 1. The summed E-state index contributed by atoms with van der Waals surface area (Å²) in [6, 6.07) is 11.4. The Kier molecular flexibility index (Phi) is 4.36. The number of carbonyl (C=O) groups is 1. The molecular formula is C17H24N2O. The zero-order valence-electron chi connectivity index (χ0n) is 12.0. The van der Waals surface area contributed by atoms with Gasteiger partial charge in [0, 0.05) is 25.0 Å². The molecule has 3 rings (SSSR count). The zero-order valence-corrected chi connectivity index (χ0v) is 12.0. The molecule has 1 aliphatic carbocycles. The predicted octanol–water partition coefficient (Wildman–Crippen LogP) is 2.79. The third-order valence-electron chi connectivity index (χ3n) is 4.68. The van der Waals surface area contributed by atoms with E-state index >= 15 is 0 Å². The Morgan fingerprint density at radius 2 is 2.00 bits per heavy atom. The average Bonchev–Trinajstić information content (AvgIpc) is 2.42. The van der Waals surface area contributed by atoms with Crippen molar-refractivity contribution in [2.24, 2.45) is 5.92 Å². The van der Waals surface area contributed by atoms with E-state index in [2.05, 4.69) is 41.0 Å². The smallest absolute Gasteiger partial charge is 0.221 e. The van der Waals surface area contributed by atoms with Crippen LogP contribution in [0.15, 0.2) is 30.3 Å². The highest BCUT2D eigenvalue weighted by atomic mass is 16.1. The van der Waals surface area contributed by atoms with Gasteiger partial charge in [-0.05, 0) is 24.3 Å². The van der Waals surface area contributed by atoms with Crippen molar-refractivity contribution in [1.29, 1.82) is 0 Å². The fourth-order valence-electron chi connectivity index (χ4n) is 3.26. The van der Waals surface area contributed by atoms with Crippen molar-refractivity contribution >= 4 is 5.91 Å². The molecule has 0 bridgehead atoms. The molecule has 108 valence electrons. The lowest BCUT2D eigenvalue weighted by Crippen LogP contribution is -2.45. The van der Waals surface area contributed by atoms with E-state index in [1.54, 1.807) is 0 Å². The highest BCUT2D eigenvalue weighted by Crippen LogP contribution is 2.35. The topological polar surface area (TPSA) is 41.1 Å². The highest BCUT2D eigenvalue weighted by molar-refractivity contribution is 5.77. The molecule has 1 amide bonds. The summed E-state index contributed by atoms with van der Waals surface area (Å²) in [5.41, 5.74) is 1.37. The molecule has 3 heteroatoms. The summed E-state index contributed by atoms with van der Waals surface area (Å²) in [7, 11) is 0. The van der Waals surface area contributed by atoms with Gasteiger partial charge in [0.05, 0.1) is 0 Å². The second-order valence-electron chi connectivity index (χ2n) is 6.20. The number of amides is 1. The van der Waals surface area contributed by atoms with Crippen LogP contribution in [0.5, 0.6) is 0 Å². The van der Waals surface area contributed by atoms with Crippen molar-refractivity contribution in [3.05, 3.63) is 35.9 Å². The van der Waals surface area contributed by atoms with Crippen molar-refractivity contribution in [3.8, 4) is 0 Å². The number of rotatable bonds is 5. The molecule has 0 aromatic heterocycles. The minimum atomic E-state index is 0.184. The molecule has 1 heterocycles. The summed E-state index contributed by atoms with van der Waals surface area (Å²) in [6.45, 7) is 0.807. The first-order chi connectivity index (χ1) is 9.81. The number of nitrogens with one attached hydrogen (secondary N) is 2. The number of hydrogen-bond acceptors (Lipinski definition) is 2. The van der Waals surface area contributed by atoms with E-state index in [-0.39, 0.29) is 5.91 Å². The first-order valence-electron chi connectivity index (χ1n) is 7.89. The van der Waals surface area contributed by atoms with Gasteiger partial charge in [-0.2, -0.15) is 0 Å². The van der Waals surface area contributed by atoms with Crippen LogP contribution >= 0.6 is 0 Å². The lowest BCUT2D eigenvalue weighted by atomic mass is 9.79. The molecule has 1 aromatic rings. The average molecular weight is 272 g/mol. The molecule has 1 aromatic carbocycles. The van der Waals surface area contributed by atoms with Crippen molar-refractivity contribution in [1.82, 2.24) is 10.6 Å². The molecule has 0 spiro atoms. The van der Waals surface area contributed by atoms with Gasteiger partial charge in [0.2, 0.25) is 5.91 Å². The highest BCUT2D eigenvalue weighted by Gasteiger charge is 2.26. The van der Waals surface area contributed by atoms with Gasteiger partial charge >= 0.3 is 0 Å². The van der Waals surface area contributed by atoms with Crippen LogP contribution in [0.1, 0.15) is 50.1 Å². The van der Waals surface area contributed by atoms with Gasteiger partial charge in [-0.15, -0.1) is 0 Å². The van der Waals surface area contributed by atoms with E-state index in [0.29, 0.717) is 18.5 Å². The van der Waals surface area contributed by atoms with Crippen LogP contribution in [-0.2, 0) is 4.79 Å². The van der Waals surface area contributed by atoms with E-state index < -0.39 is 0 Å². The quantitative estimate of drug-likeness (QED) is 0.865. The summed E-state index contributed by atoms with van der Waals surface area (Å²) in [5, 5.41) is 6.65. The normalized spacial score (nSPS) is 24.8. The van der Waals surface area contributed by atoms with E-state index in [1.807, 2.05) is 0 Å². The predicted molar refractivity (Wildman–Crippen MR) is 80.3 cm³/mol. The summed E-state index contributed by atoms with van der Waals surface area (Å²) in [5.74, 6) is 1.05. The van der Waals surface area contributed by atoms with Gasteiger partial charge < -0.3 is 10.6 Å². The molecule has 1 saturated carbocycles. The SMILES string of the molecule is O=C1CC(NC(CC2CCC2)c2ccccc2)CCN1. The van der Waals surface area contributed by atoms with Gasteiger partial charge in [0.15, 0.2) is 0 Å². The minimum absolute atomic E-state index is 0.184. The fraction of sp³-hybridized carbons (Fsp3) is 0.588. The number of benzene rings is 1. The maximum absolute atomic E-state index is 11.5. The van der Waals surface area contributed by atoms with E-state index in [4.69, 9.17) is 0 Å². The maximum Gasteiger partial charge on any atom is 0.221 e.